The molecule has 0 atom stereocenters. The van der Waals surface area contributed by atoms with Crippen molar-refractivity contribution < 1.29 is 0 Å². The Morgan fingerprint density at radius 1 is 0.346 bits per heavy atom. The van der Waals surface area contributed by atoms with Crippen LogP contribution in [0, 0.1) is 0 Å². The van der Waals surface area contributed by atoms with Gasteiger partial charge in [0.1, 0.15) is 0 Å². The van der Waals surface area contributed by atoms with Gasteiger partial charge in [0.05, 0.1) is 0 Å². The zero-order valence-corrected chi connectivity index (χ0v) is 15.2. The summed E-state index contributed by atoms with van der Waals surface area (Å²) in [7, 11) is 0. The second-order valence-corrected chi connectivity index (χ2v) is 6.22. The fourth-order valence-electron chi connectivity index (χ4n) is 3.72. The second-order valence-electron chi connectivity index (χ2n) is 6.22. The summed E-state index contributed by atoms with van der Waals surface area (Å²) in [5.74, 6) is 0. The maximum atomic E-state index is 2.33. The third-order valence-electron chi connectivity index (χ3n) is 4.85. The predicted octanol–water partition coefficient (Wildman–Crippen LogP) is 7.84. The molecular formula is C26H22. The van der Waals surface area contributed by atoms with Crippen molar-refractivity contribution in [1.82, 2.24) is 0 Å². The second kappa shape index (κ2) is 7.01. The highest BCUT2D eigenvalue weighted by molar-refractivity contribution is 6.25. The highest BCUT2D eigenvalue weighted by Crippen LogP contribution is 2.36. The molecule has 26 heavy (non-hydrogen) atoms. The fraction of sp³-hybridized carbons (Fsp3) is 0.0769. The molecule has 0 aliphatic rings. The molecule has 0 spiro atoms. The summed E-state index contributed by atoms with van der Waals surface area (Å²) in [5.41, 5.74) is 2.53. The van der Waals surface area contributed by atoms with Crippen LogP contribution >= 0.6 is 0 Å². The van der Waals surface area contributed by atoms with Crippen molar-refractivity contribution in [3.05, 3.63) is 97.1 Å². The molecule has 5 aromatic carbocycles. The zero-order valence-electron chi connectivity index (χ0n) is 15.2. The number of benzene rings is 5. The van der Waals surface area contributed by atoms with Crippen molar-refractivity contribution in [3.8, 4) is 11.1 Å². The largest absolute Gasteiger partial charge is 0.0683 e. The molecular weight excluding hydrogens is 312 g/mol. The topological polar surface area (TPSA) is 0 Å². The molecule has 5 rings (SSSR count). The highest BCUT2D eigenvalue weighted by atomic mass is 14.1. The summed E-state index contributed by atoms with van der Waals surface area (Å²) >= 11 is 0. The van der Waals surface area contributed by atoms with Crippen LogP contribution in [0.1, 0.15) is 13.8 Å². The van der Waals surface area contributed by atoms with E-state index in [0.29, 0.717) is 0 Å². The van der Waals surface area contributed by atoms with Gasteiger partial charge >= 0.3 is 0 Å². The van der Waals surface area contributed by atoms with Gasteiger partial charge in [-0.2, -0.15) is 0 Å². The Balaban J connectivity index is 0.000000814. The van der Waals surface area contributed by atoms with E-state index in [9.17, 15) is 0 Å². The Morgan fingerprint density at radius 2 is 0.769 bits per heavy atom. The molecule has 0 heteroatoms. The summed E-state index contributed by atoms with van der Waals surface area (Å²) in [6.45, 7) is 4.00. The van der Waals surface area contributed by atoms with Crippen molar-refractivity contribution >= 4 is 32.3 Å². The molecule has 5 aromatic rings. The van der Waals surface area contributed by atoms with Crippen LogP contribution in [-0.4, -0.2) is 0 Å². The molecule has 0 saturated heterocycles. The first-order chi connectivity index (χ1) is 12.9. The van der Waals surface area contributed by atoms with Gasteiger partial charge in [-0.15, -0.1) is 0 Å². The monoisotopic (exact) mass is 334 g/mol. The van der Waals surface area contributed by atoms with Gasteiger partial charge in [-0.05, 0) is 49.5 Å². The van der Waals surface area contributed by atoms with E-state index in [0.717, 1.165) is 0 Å². The van der Waals surface area contributed by atoms with Crippen LogP contribution in [-0.2, 0) is 0 Å². The molecule has 0 nitrogen and oxygen atoms in total. The van der Waals surface area contributed by atoms with Crippen LogP contribution in [0.15, 0.2) is 97.1 Å². The first-order valence-corrected chi connectivity index (χ1v) is 9.30. The van der Waals surface area contributed by atoms with Gasteiger partial charge in [0.25, 0.3) is 0 Å². The third kappa shape index (κ3) is 2.64. The molecule has 0 radical (unpaired) electrons. The fourth-order valence-corrected chi connectivity index (χ4v) is 3.72. The molecule has 0 aliphatic carbocycles. The predicted molar refractivity (Wildman–Crippen MR) is 116 cm³/mol. The smallest absolute Gasteiger partial charge is 0.00928 e. The van der Waals surface area contributed by atoms with E-state index >= 15 is 0 Å². The molecule has 0 unspecified atom stereocenters. The van der Waals surface area contributed by atoms with Gasteiger partial charge < -0.3 is 0 Å². The van der Waals surface area contributed by atoms with Gasteiger partial charge in [-0.25, -0.2) is 0 Å². The zero-order chi connectivity index (χ0) is 17.9. The Hall–Kier alpha value is -3.12. The number of fused-ring (bicyclic) bond motifs is 6. The van der Waals surface area contributed by atoms with Crippen molar-refractivity contribution in [1.29, 1.82) is 0 Å². The highest BCUT2D eigenvalue weighted by Gasteiger charge is 2.08. The SMILES string of the molecule is CC.c1ccc(-c2ccc3c4ccccc4c4ccccc4c3c2)cc1. The number of hydrogen-bond acceptors (Lipinski definition) is 0. The maximum absolute atomic E-state index is 2.33. The first-order valence-electron chi connectivity index (χ1n) is 9.30. The van der Waals surface area contributed by atoms with Crippen molar-refractivity contribution in [2.45, 2.75) is 13.8 Å². The normalized spacial score (nSPS) is 10.7. The lowest BCUT2D eigenvalue weighted by Gasteiger charge is -2.12. The maximum Gasteiger partial charge on any atom is -0.00928 e. The standard InChI is InChI=1S/C24H16.C2H6/c1-2-8-17(9-3-1)18-14-15-23-21-12-5-4-10-19(21)20-11-6-7-13-22(20)24(23)16-18;1-2/h1-16H;1-2H3. The molecule has 0 fully saturated rings. The van der Waals surface area contributed by atoms with Crippen molar-refractivity contribution in [2.75, 3.05) is 0 Å². The van der Waals surface area contributed by atoms with Crippen LogP contribution in [0.2, 0.25) is 0 Å². The van der Waals surface area contributed by atoms with Gasteiger partial charge in [0.15, 0.2) is 0 Å². The average molecular weight is 334 g/mol. The molecule has 0 saturated carbocycles. The van der Waals surface area contributed by atoms with E-state index in [1.807, 2.05) is 13.8 Å². The summed E-state index contributed by atoms with van der Waals surface area (Å²) in [4.78, 5) is 0. The van der Waals surface area contributed by atoms with Gasteiger partial charge in [0.2, 0.25) is 0 Å². The summed E-state index contributed by atoms with van der Waals surface area (Å²) < 4.78 is 0. The summed E-state index contributed by atoms with van der Waals surface area (Å²) in [6.07, 6.45) is 0. The molecule has 0 N–H and O–H groups in total. The molecule has 126 valence electrons. The Kier molecular flexibility index (Phi) is 4.41. The van der Waals surface area contributed by atoms with E-state index in [1.54, 1.807) is 0 Å². The Bertz CT molecular complexity index is 1150. The Morgan fingerprint density at radius 3 is 1.31 bits per heavy atom. The van der Waals surface area contributed by atoms with E-state index in [1.165, 1.54) is 43.4 Å². The van der Waals surface area contributed by atoms with Gasteiger partial charge in [-0.1, -0.05) is 105 Å². The first kappa shape index (κ1) is 16.4. The lowest BCUT2D eigenvalue weighted by atomic mass is 9.92. The van der Waals surface area contributed by atoms with E-state index < -0.39 is 0 Å². The molecule has 0 aromatic heterocycles. The third-order valence-corrected chi connectivity index (χ3v) is 4.85. The van der Waals surface area contributed by atoms with Crippen LogP contribution in [0.3, 0.4) is 0 Å². The Labute approximate surface area is 154 Å². The summed E-state index contributed by atoms with van der Waals surface area (Å²) in [5, 5.41) is 7.95. The molecule has 0 amide bonds. The summed E-state index contributed by atoms with van der Waals surface area (Å²) in [6, 6.07) is 34.9. The van der Waals surface area contributed by atoms with Gasteiger partial charge in [-0.3, -0.25) is 0 Å². The lowest BCUT2D eigenvalue weighted by molar-refractivity contribution is 1.50. The lowest BCUT2D eigenvalue weighted by Crippen LogP contribution is -1.84. The molecule has 0 aliphatic heterocycles. The van der Waals surface area contributed by atoms with E-state index in [4.69, 9.17) is 0 Å². The van der Waals surface area contributed by atoms with E-state index in [2.05, 4.69) is 97.1 Å². The molecule has 0 heterocycles. The van der Waals surface area contributed by atoms with Gasteiger partial charge in [0, 0.05) is 0 Å². The minimum Gasteiger partial charge on any atom is -0.0683 e. The van der Waals surface area contributed by atoms with Crippen LogP contribution in [0.4, 0.5) is 0 Å². The number of rotatable bonds is 1. The van der Waals surface area contributed by atoms with Crippen LogP contribution in [0.5, 0.6) is 0 Å². The minimum absolute atomic E-state index is 1.26. The van der Waals surface area contributed by atoms with Crippen LogP contribution in [0.25, 0.3) is 43.4 Å². The average Bonchev–Trinajstić information content (AvgIpc) is 2.76. The molecule has 0 bridgehead atoms. The van der Waals surface area contributed by atoms with E-state index in [-0.39, 0.29) is 0 Å². The van der Waals surface area contributed by atoms with Crippen LogP contribution < -0.4 is 0 Å². The van der Waals surface area contributed by atoms with Crippen molar-refractivity contribution in [3.63, 3.8) is 0 Å². The van der Waals surface area contributed by atoms with Crippen molar-refractivity contribution in [2.24, 2.45) is 0 Å². The quantitative estimate of drug-likeness (QED) is 0.274. The minimum atomic E-state index is 1.26. The number of hydrogen-bond donors (Lipinski definition) is 0.